The first-order chi connectivity index (χ1) is 6.66. The summed E-state index contributed by atoms with van der Waals surface area (Å²) in [5.74, 6) is 1.89. The van der Waals surface area contributed by atoms with Gasteiger partial charge in [-0.2, -0.15) is 11.8 Å². The third kappa shape index (κ3) is 2.80. The third-order valence-corrected chi connectivity index (χ3v) is 4.01. The van der Waals surface area contributed by atoms with E-state index in [-0.39, 0.29) is 0 Å². The van der Waals surface area contributed by atoms with Crippen molar-refractivity contribution in [1.82, 2.24) is 4.90 Å². The van der Waals surface area contributed by atoms with E-state index in [1.807, 2.05) is 11.8 Å². The number of guanidine groups is 1. The molecule has 1 saturated heterocycles. The van der Waals surface area contributed by atoms with Crippen LogP contribution in [0.1, 0.15) is 27.2 Å². The molecule has 0 aromatic rings. The molecule has 1 rings (SSSR count). The van der Waals surface area contributed by atoms with E-state index in [2.05, 4.69) is 30.7 Å². The summed E-state index contributed by atoms with van der Waals surface area (Å²) >= 11 is 2.02. The summed E-state index contributed by atoms with van der Waals surface area (Å²) in [5.41, 5.74) is 5.95. The van der Waals surface area contributed by atoms with Gasteiger partial charge in [-0.15, -0.1) is 0 Å². The van der Waals surface area contributed by atoms with Crippen LogP contribution in [0.3, 0.4) is 0 Å². The molecule has 14 heavy (non-hydrogen) atoms. The van der Waals surface area contributed by atoms with Gasteiger partial charge in [-0.3, -0.25) is 4.99 Å². The highest BCUT2D eigenvalue weighted by Crippen LogP contribution is 2.23. The van der Waals surface area contributed by atoms with E-state index < -0.39 is 0 Å². The molecule has 82 valence electrons. The molecule has 1 aliphatic heterocycles. The minimum absolute atomic E-state index is 0.509. The molecule has 2 N–H and O–H groups in total. The first kappa shape index (κ1) is 11.7. The fraction of sp³-hybridized carbons (Fsp3) is 0.900. The smallest absolute Gasteiger partial charge is 0.191 e. The van der Waals surface area contributed by atoms with Gasteiger partial charge in [0.1, 0.15) is 0 Å². The summed E-state index contributed by atoms with van der Waals surface area (Å²) in [6, 6.07) is 0.509. The summed E-state index contributed by atoms with van der Waals surface area (Å²) in [5, 5.41) is 0.652. The van der Waals surface area contributed by atoms with Crippen LogP contribution in [0.25, 0.3) is 0 Å². The fourth-order valence-electron chi connectivity index (χ4n) is 1.57. The molecule has 0 amide bonds. The molecule has 0 radical (unpaired) electrons. The molecule has 3 nitrogen and oxygen atoms in total. The second-order valence-electron chi connectivity index (χ2n) is 3.75. The number of hydrogen-bond donors (Lipinski definition) is 1. The molecule has 2 unspecified atom stereocenters. The Morgan fingerprint density at radius 1 is 1.57 bits per heavy atom. The molecule has 2 atom stereocenters. The normalized spacial score (nSPS) is 29.4. The zero-order chi connectivity index (χ0) is 10.6. The van der Waals surface area contributed by atoms with Crippen LogP contribution in [0.2, 0.25) is 0 Å². The highest BCUT2D eigenvalue weighted by Gasteiger charge is 2.26. The molecule has 4 heteroatoms. The van der Waals surface area contributed by atoms with Crippen LogP contribution in [0.5, 0.6) is 0 Å². The van der Waals surface area contributed by atoms with E-state index in [1.54, 1.807) is 0 Å². The van der Waals surface area contributed by atoms with Crippen LogP contribution in [-0.4, -0.2) is 41.0 Å². The number of nitrogens with two attached hydrogens (primary N) is 1. The lowest BCUT2D eigenvalue weighted by Crippen LogP contribution is -2.51. The van der Waals surface area contributed by atoms with Crippen LogP contribution in [-0.2, 0) is 0 Å². The van der Waals surface area contributed by atoms with Crippen LogP contribution in [0.4, 0.5) is 0 Å². The van der Waals surface area contributed by atoms with Gasteiger partial charge in [0.05, 0.1) is 0 Å². The highest BCUT2D eigenvalue weighted by molar-refractivity contribution is 8.00. The lowest BCUT2D eigenvalue weighted by molar-refractivity contribution is 0.330. The van der Waals surface area contributed by atoms with Crippen LogP contribution >= 0.6 is 11.8 Å². The number of aliphatic imine (C=N–C) groups is 1. The van der Waals surface area contributed by atoms with Crippen molar-refractivity contribution in [2.24, 2.45) is 10.7 Å². The summed E-state index contributed by atoms with van der Waals surface area (Å²) in [7, 11) is 0. The Bertz CT molecular complexity index is 206. The van der Waals surface area contributed by atoms with Crippen molar-refractivity contribution >= 4 is 17.7 Å². The molecule has 0 bridgehead atoms. The monoisotopic (exact) mass is 215 g/mol. The average molecular weight is 215 g/mol. The van der Waals surface area contributed by atoms with Gasteiger partial charge in [-0.1, -0.05) is 13.8 Å². The minimum atomic E-state index is 0.509. The van der Waals surface area contributed by atoms with E-state index in [0.29, 0.717) is 11.3 Å². The zero-order valence-corrected chi connectivity index (χ0v) is 10.2. The fourth-order valence-corrected chi connectivity index (χ4v) is 2.67. The Balaban J connectivity index is 2.57. The van der Waals surface area contributed by atoms with Crippen LogP contribution in [0.15, 0.2) is 4.99 Å². The SMILES string of the molecule is CCCN=C(N)N1CCSC(C)C1C. The van der Waals surface area contributed by atoms with Crippen molar-refractivity contribution in [3.8, 4) is 0 Å². The van der Waals surface area contributed by atoms with E-state index in [1.165, 1.54) is 0 Å². The summed E-state index contributed by atoms with van der Waals surface area (Å²) in [6.45, 7) is 8.49. The largest absolute Gasteiger partial charge is 0.370 e. The molecule has 0 aromatic heterocycles. The van der Waals surface area contributed by atoms with Gasteiger partial charge in [-0.05, 0) is 13.3 Å². The first-order valence-electron chi connectivity index (χ1n) is 5.35. The maximum Gasteiger partial charge on any atom is 0.191 e. The van der Waals surface area contributed by atoms with E-state index in [0.717, 1.165) is 31.2 Å². The second kappa shape index (κ2) is 5.49. The zero-order valence-electron chi connectivity index (χ0n) is 9.36. The molecule has 0 saturated carbocycles. The molecule has 0 aromatic carbocycles. The van der Waals surface area contributed by atoms with E-state index in [9.17, 15) is 0 Å². The first-order valence-corrected chi connectivity index (χ1v) is 6.39. The Kier molecular flexibility index (Phi) is 4.58. The second-order valence-corrected chi connectivity index (χ2v) is 5.23. The maximum atomic E-state index is 5.95. The van der Waals surface area contributed by atoms with Gasteiger partial charge < -0.3 is 10.6 Å². The number of nitrogens with zero attached hydrogens (tertiary/aromatic N) is 2. The van der Waals surface area contributed by atoms with Crippen molar-refractivity contribution in [3.63, 3.8) is 0 Å². The summed E-state index contributed by atoms with van der Waals surface area (Å²) in [6.07, 6.45) is 1.06. The standard InChI is InChI=1S/C10H21N3S/c1-4-5-12-10(11)13-6-7-14-9(3)8(13)2/h8-9H,4-7H2,1-3H3,(H2,11,12). The highest BCUT2D eigenvalue weighted by atomic mass is 32.2. The van der Waals surface area contributed by atoms with Gasteiger partial charge in [-0.25, -0.2) is 0 Å². The maximum absolute atomic E-state index is 5.95. The number of hydrogen-bond acceptors (Lipinski definition) is 2. The molecular weight excluding hydrogens is 194 g/mol. The molecule has 0 spiro atoms. The van der Waals surface area contributed by atoms with Crippen molar-refractivity contribution in [1.29, 1.82) is 0 Å². The lowest BCUT2D eigenvalue weighted by Gasteiger charge is -2.38. The lowest BCUT2D eigenvalue weighted by atomic mass is 10.2. The molecular formula is C10H21N3S. The number of thioether (sulfide) groups is 1. The van der Waals surface area contributed by atoms with Crippen molar-refractivity contribution < 1.29 is 0 Å². The van der Waals surface area contributed by atoms with Gasteiger partial charge in [0, 0.05) is 30.1 Å². The van der Waals surface area contributed by atoms with Crippen LogP contribution < -0.4 is 5.73 Å². The summed E-state index contributed by atoms with van der Waals surface area (Å²) < 4.78 is 0. The topological polar surface area (TPSA) is 41.6 Å². The Labute approximate surface area is 91.1 Å². The third-order valence-electron chi connectivity index (χ3n) is 2.68. The van der Waals surface area contributed by atoms with E-state index in [4.69, 9.17) is 5.73 Å². The molecule has 1 aliphatic rings. The average Bonchev–Trinajstić information content (AvgIpc) is 2.18. The Hall–Kier alpha value is -0.380. The predicted molar refractivity (Wildman–Crippen MR) is 64.9 cm³/mol. The Morgan fingerprint density at radius 2 is 2.29 bits per heavy atom. The van der Waals surface area contributed by atoms with Gasteiger partial charge in [0.15, 0.2) is 5.96 Å². The number of rotatable bonds is 2. The molecule has 1 fully saturated rings. The quantitative estimate of drug-likeness (QED) is 0.561. The molecule has 0 aliphatic carbocycles. The van der Waals surface area contributed by atoms with Crippen molar-refractivity contribution in [3.05, 3.63) is 0 Å². The van der Waals surface area contributed by atoms with Gasteiger partial charge in [0.25, 0.3) is 0 Å². The summed E-state index contributed by atoms with van der Waals surface area (Å²) in [4.78, 5) is 6.60. The van der Waals surface area contributed by atoms with Crippen molar-refractivity contribution in [2.45, 2.75) is 38.5 Å². The minimum Gasteiger partial charge on any atom is -0.370 e. The van der Waals surface area contributed by atoms with Gasteiger partial charge >= 0.3 is 0 Å². The van der Waals surface area contributed by atoms with E-state index >= 15 is 0 Å². The Morgan fingerprint density at radius 3 is 2.93 bits per heavy atom. The molecule has 1 heterocycles. The van der Waals surface area contributed by atoms with Gasteiger partial charge in [0.2, 0.25) is 0 Å². The van der Waals surface area contributed by atoms with Crippen molar-refractivity contribution in [2.75, 3.05) is 18.8 Å². The predicted octanol–water partition coefficient (Wildman–Crippen LogP) is 1.54. The van der Waals surface area contributed by atoms with Crippen LogP contribution in [0, 0.1) is 0 Å².